The van der Waals surface area contributed by atoms with E-state index in [1.54, 1.807) is 11.1 Å². The Morgan fingerprint density at radius 2 is 1.81 bits per heavy atom. The normalized spacial score (nSPS) is 18.2. The van der Waals surface area contributed by atoms with Gasteiger partial charge in [0, 0.05) is 43.7 Å². The van der Waals surface area contributed by atoms with Crippen LogP contribution >= 0.6 is 0 Å². The van der Waals surface area contributed by atoms with Crippen LogP contribution in [0.4, 0.5) is 21.2 Å². The summed E-state index contributed by atoms with van der Waals surface area (Å²) in [5.74, 6) is 1.23. The Morgan fingerprint density at radius 3 is 2.48 bits per heavy atom. The van der Waals surface area contributed by atoms with Crippen LogP contribution in [0.25, 0.3) is 22.3 Å². The van der Waals surface area contributed by atoms with Crippen LogP contribution in [0.5, 0.6) is 0 Å². The minimum Gasteiger partial charge on any atom is -0.444 e. The first-order valence-corrected chi connectivity index (χ1v) is 14.7. The lowest BCUT2D eigenvalue weighted by Gasteiger charge is -2.36. The van der Waals surface area contributed by atoms with Crippen molar-refractivity contribution in [2.75, 3.05) is 43.0 Å². The van der Waals surface area contributed by atoms with Crippen LogP contribution in [0.2, 0.25) is 0 Å². The van der Waals surface area contributed by atoms with Gasteiger partial charge in [-0.25, -0.2) is 24.2 Å². The van der Waals surface area contributed by atoms with Crippen LogP contribution in [0, 0.1) is 0 Å². The van der Waals surface area contributed by atoms with Crippen molar-refractivity contribution in [3.63, 3.8) is 0 Å². The smallest absolute Gasteiger partial charge is 0.410 e. The zero-order valence-electron chi connectivity index (χ0n) is 25.4. The number of ether oxygens (including phenoxy) is 2. The quantitative estimate of drug-likeness (QED) is 0.434. The molecule has 3 amide bonds. The van der Waals surface area contributed by atoms with Crippen LogP contribution < -0.4 is 15.5 Å². The Bertz CT molecular complexity index is 1430. The van der Waals surface area contributed by atoms with Crippen molar-refractivity contribution in [2.45, 2.75) is 78.2 Å². The molecule has 2 fully saturated rings. The van der Waals surface area contributed by atoms with Crippen molar-refractivity contribution in [1.82, 2.24) is 30.0 Å². The lowest BCUT2D eigenvalue weighted by Crippen LogP contribution is -2.50. The van der Waals surface area contributed by atoms with E-state index in [2.05, 4.69) is 20.5 Å². The number of hydrogen-bond donors (Lipinski definition) is 2. The average molecular weight is 579 g/mol. The van der Waals surface area contributed by atoms with Crippen molar-refractivity contribution >= 4 is 34.7 Å². The molecule has 0 radical (unpaired) electrons. The zero-order chi connectivity index (χ0) is 30.1. The Morgan fingerprint density at radius 1 is 1.05 bits per heavy atom. The number of aromatic nitrogens is 4. The molecule has 3 aromatic rings. The molecule has 2 saturated heterocycles. The summed E-state index contributed by atoms with van der Waals surface area (Å²) in [4.78, 5) is 38.5. The van der Waals surface area contributed by atoms with E-state index in [-0.39, 0.29) is 23.9 Å². The number of anilines is 2. The fourth-order valence-corrected chi connectivity index (χ4v) is 5.09. The Balaban J connectivity index is 1.42. The van der Waals surface area contributed by atoms with Crippen LogP contribution in [-0.4, -0.2) is 80.7 Å². The summed E-state index contributed by atoms with van der Waals surface area (Å²) in [5, 5.41) is 11.6. The highest BCUT2D eigenvalue weighted by Crippen LogP contribution is 2.33. The Labute approximate surface area is 246 Å². The number of carbonyl (C=O) groups is 2. The lowest BCUT2D eigenvalue weighted by molar-refractivity contribution is -0.0365. The molecular weight excluding hydrogens is 536 g/mol. The topological polar surface area (TPSA) is 127 Å². The second-order valence-electron chi connectivity index (χ2n) is 12.9. The summed E-state index contributed by atoms with van der Waals surface area (Å²) in [6.07, 6.45) is 4.20. The van der Waals surface area contributed by atoms with Crippen LogP contribution in [0.3, 0.4) is 0 Å². The van der Waals surface area contributed by atoms with Gasteiger partial charge in [-0.2, -0.15) is 5.10 Å². The van der Waals surface area contributed by atoms with Crippen LogP contribution in [0.15, 0.2) is 30.5 Å². The van der Waals surface area contributed by atoms with Gasteiger partial charge in [-0.15, -0.1) is 0 Å². The molecule has 2 aliphatic heterocycles. The molecule has 2 N–H and O–H groups in total. The Kier molecular flexibility index (Phi) is 8.27. The molecule has 1 unspecified atom stereocenters. The standard InChI is InChI=1S/C30H42N8O4/c1-29(2,3)34-27(39)33-23-18-20-22(19-31-23)38(25-12-7-8-17-41-25)35-26(20)21-10-9-11-24(32-21)36-13-15-37(16-14-36)28(40)42-30(4,5)6/h9-11,18-19,25H,7-8,12-17H2,1-6H3,(H2,31,33,34,39). The van der Waals surface area contributed by atoms with E-state index < -0.39 is 5.60 Å². The molecule has 0 saturated carbocycles. The maximum Gasteiger partial charge on any atom is 0.410 e. The van der Waals surface area contributed by atoms with Gasteiger partial charge in [0.05, 0.1) is 17.4 Å². The van der Waals surface area contributed by atoms with E-state index in [4.69, 9.17) is 19.6 Å². The summed E-state index contributed by atoms with van der Waals surface area (Å²) in [5.41, 5.74) is 1.30. The summed E-state index contributed by atoms with van der Waals surface area (Å²) in [6.45, 7) is 14.5. The summed E-state index contributed by atoms with van der Waals surface area (Å²) < 4.78 is 13.5. The summed E-state index contributed by atoms with van der Waals surface area (Å²) >= 11 is 0. The lowest BCUT2D eigenvalue weighted by atomic mass is 10.1. The predicted octanol–water partition coefficient (Wildman–Crippen LogP) is 5.17. The van der Waals surface area contributed by atoms with E-state index in [9.17, 15) is 9.59 Å². The van der Waals surface area contributed by atoms with Crippen molar-refractivity contribution in [1.29, 1.82) is 0 Å². The van der Waals surface area contributed by atoms with Crippen molar-refractivity contribution < 1.29 is 19.1 Å². The maximum absolute atomic E-state index is 12.6. The van der Waals surface area contributed by atoms with Crippen molar-refractivity contribution in [2.24, 2.45) is 0 Å². The predicted molar refractivity (Wildman–Crippen MR) is 162 cm³/mol. The van der Waals surface area contributed by atoms with E-state index in [0.717, 1.165) is 36.0 Å². The number of carbonyl (C=O) groups excluding carboxylic acids is 2. The number of pyridine rings is 2. The minimum absolute atomic E-state index is 0.191. The SMILES string of the molecule is CC(C)(C)NC(=O)Nc1cc2c(-c3cccc(N4CCN(C(=O)OC(C)(C)C)CC4)n3)nn(C3CCCCO3)c2cn1. The van der Waals surface area contributed by atoms with Gasteiger partial charge >= 0.3 is 12.1 Å². The second-order valence-corrected chi connectivity index (χ2v) is 12.9. The molecule has 0 spiro atoms. The number of nitrogens with zero attached hydrogens (tertiary/aromatic N) is 6. The highest BCUT2D eigenvalue weighted by molar-refractivity contribution is 5.96. The van der Waals surface area contributed by atoms with Gasteiger partial charge in [0.2, 0.25) is 0 Å². The monoisotopic (exact) mass is 578 g/mol. The average Bonchev–Trinajstić information content (AvgIpc) is 3.30. The first kappa shape index (κ1) is 29.6. The third-order valence-electron chi connectivity index (χ3n) is 6.98. The molecule has 42 heavy (non-hydrogen) atoms. The number of fused-ring (bicyclic) bond motifs is 1. The fraction of sp³-hybridized carbons (Fsp3) is 0.567. The molecule has 3 aromatic heterocycles. The van der Waals surface area contributed by atoms with Crippen LogP contribution in [0.1, 0.15) is 67.0 Å². The molecule has 0 aliphatic carbocycles. The van der Waals surface area contributed by atoms with Gasteiger partial charge < -0.3 is 24.6 Å². The fourth-order valence-electron chi connectivity index (χ4n) is 5.09. The number of urea groups is 1. The van der Waals surface area contributed by atoms with E-state index in [1.165, 1.54) is 0 Å². The summed E-state index contributed by atoms with van der Waals surface area (Å²) in [7, 11) is 0. The number of piperazine rings is 1. The number of nitrogens with one attached hydrogen (secondary N) is 2. The molecule has 1 atom stereocenters. The second kappa shape index (κ2) is 11.7. The van der Waals surface area contributed by atoms with Gasteiger partial charge in [0.25, 0.3) is 0 Å². The van der Waals surface area contributed by atoms with Crippen LogP contribution in [-0.2, 0) is 9.47 Å². The van der Waals surface area contributed by atoms with Gasteiger partial charge in [-0.3, -0.25) is 5.32 Å². The van der Waals surface area contributed by atoms with Crippen molar-refractivity contribution in [3.05, 3.63) is 30.5 Å². The molecule has 226 valence electrons. The number of amides is 3. The number of rotatable bonds is 4. The van der Waals surface area contributed by atoms with Gasteiger partial charge in [-0.1, -0.05) is 6.07 Å². The largest absolute Gasteiger partial charge is 0.444 e. The minimum atomic E-state index is -0.528. The molecular formula is C30H42N8O4. The third-order valence-corrected chi connectivity index (χ3v) is 6.98. The third kappa shape index (κ3) is 7.10. The maximum atomic E-state index is 12.6. The zero-order valence-corrected chi connectivity index (χ0v) is 25.4. The molecule has 2 aliphatic rings. The first-order valence-electron chi connectivity index (χ1n) is 14.7. The number of hydrogen-bond acceptors (Lipinski definition) is 8. The molecule has 5 heterocycles. The highest BCUT2D eigenvalue weighted by atomic mass is 16.6. The van der Waals surface area contributed by atoms with Gasteiger partial charge in [0.15, 0.2) is 6.23 Å². The molecule has 12 nitrogen and oxygen atoms in total. The molecule has 12 heteroatoms. The first-order chi connectivity index (χ1) is 19.9. The molecule has 5 rings (SSSR count). The molecule has 0 aromatic carbocycles. The van der Waals surface area contributed by atoms with E-state index >= 15 is 0 Å². The highest BCUT2D eigenvalue weighted by Gasteiger charge is 2.27. The summed E-state index contributed by atoms with van der Waals surface area (Å²) in [6, 6.07) is 7.39. The van der Waals surface area contributed by atoms with Gasteiger partial charge in [0.1, 0.15) is 22.9 Å². The van der Waals surface area contributed by atoms with Crippen molar-refractivity contribution in [3.8, 4) is 11.4 Å². The Hall–Kier alpha value is -3.93. The van der Waals surface area contributed by atoms with E-state index in [1.807, 2.05) is 70.5 Å². The molecule has 0 bridgehead atoms. The van der Waals surface area contributed by atoms with Gasteiger partial charge in [-0.05, 0) is 79.0 Å². The van der Waals surface area contributed by atoms with E-state index in [0.29, 0.717) is 50.0 Å².